The Morgan fingerprint density at radius 3 is 2.74 bits per heavy atom. The Morgan fingerprint density at radius 2 is 2.04 bits per heavy atom. The number of nitrogens with zero attached hydrogens (tertiary/aromatic N) is 4. The van der Waals surface area contributed by atoms with E-state index in [4.69, 9.17) is 14.0 Å². The van der Waals surface area contributed by atoms with E-state index in [1.54, 1.807) is 17.0 Å². The number of benzene rings is 1. The number of ether oxygens (including phenoxy) is 2. The molecule has 0 unspecified atom stereocenters. The molecular formula is C19H18N4O4. The van der Waals surface area contributed by atoms with Crippen molar-refractivity contribution >= 4 is 5.91 Å². The van der Waals surface area contributed by atoms with Gasteiger partial charge in [-0.15, -0.1) is 0 Å². The zero-order chi connectivity index (χ0) is 18.6. The van der Waals surface area contributed by atoms with Crippen LogP contribution in [0.25, 0.3) is 0 Å². The number of pyridine rings is 1. The van der Waals surface area contributed by atoms with E-state index in [-0.39, 0.29) is 18.4 Å². The van der Waals surface area contributed by atoms with Crippen LogP contribution in [0.1, 0.15) is 28.0 Å². The van der Waals surface area contributed by atoms with Gasteiger partial charge in [0.2, 0.25) is 5.88 Å². The second-order valence-corrected chi connectivity index (χ2v) is 6.14. The van der Waals surface area contributed by atoms with E-state index in [1.807, 2.05) is 30.3 Å². The third-order valence-electron chi connectivity index (χ3n) is 4.32. The molecular weight excluding hydrogens is 348 g/mol. The van der Waals surface area contributed by atoms with Crippen LogP contribution in [0.5, 0.6) is 11.6 Å². The molecule has 0 bridgehead atoms. The van der Waals surface area contributed by atoms with Gasteiger partial charge in [0.1, 0.15) is 5.75 Å². The average molecular weight is 366 g/mol. The Hall–Kier alpha value is -3.42. The molecule has 1 aliphatic heterocycles. The van der Waals surface area contributed by atoms with Crippen LogP contribution in [0, 0.1) is 0 Å². The molecule has 1 aromatic carbocycles. The van der Waals surface area contributed by atoms with Crippen LogP contribution in [0.15, 0.2) is 53.2 Å². The topological polar surface area (TPSA) is 90.6 Å². The molecule has 1 amide bonds. The van der Waals surface area contributed by atoms with Crippen molar-refractivity contribution in [2.45, 2.75) is 12.5 Å². The number of aromatic nitrogens is 3. The molecule has 8 nitrogen and oxygen atoms in total. The van der Waals surface area contributed by atoms with Crippen molar-refractivity contribution in [3.05, 3.63) is 65.9 Å². The van der Waals surface area contributed by atoms with E-state index in [1.165, 1.54) is 13.3 Å². The maximum Gasteiger partial charge on any atom is 0.264 e. The number of hydrogen-bond acceptors (Lipinski definition) is 7. The van der Waals surface area contributed by atoms with Crippen molar-refractivity contribution in [2.24, 2.45) is 0 Å². The van der Waals surface area contributed by atoms with Crippen LogP contribution in [0.2, 0.25) is 0 Å². The fourth-order valence-corrected chi connectivity index (χ4v) is 2.77. The number of carbonyl (C=O) groups excluding carboxylic acids is 1. The molecule has 0 N–H and O–H groups in total. The van der Waals surface area contributed by atoms with Crippen LogP contribution >= 0.6 is 0 Å². The molecule has 0 atom stereocenters. The first-order valence-corrected chi connectivity index (χ1v) is 8.52. The minimum Gasteiger partial charge on any atom is -0.484 e. The number of hydrogen-bond donors (Lipinski definition) is 0. The lowest BCUT2D eigenvalue weighted by molar-refractivity contribution is 0.0591. The molecule has 1 aliphatic rings. The van der Waals surface area contributed by atoms with Gasteiger partial charge in [0.05, 0.1) is 18.6 Å². The Morgan fingerprint density at radius 1 is 1.22 bits per heavy atom. The average Bonchev–Trinajstić information content (AvgIpc) is 3.14. The molecule has 3 heterocycles. The Labute approximate surface area is 155 Å². The van der Waals surface area contributed by atoms with Crippen molar-refractivity contribution in [2.75, 3.05) is 20.2 Å². The van der Waals surface area contributed by atoms with E-state index in [0.29, 0.717) is 36.2 Å². The van der Waals surface area contributed by atoms with Gasteiger partial charge in [0, 0.05) is 25.4 Å². The smallest absolute Gasteiger partial charge is 0.264 e. The van der Waals surface area contributed by atoms with Gasteiger partial charge in [-0.1, -0.05) is 23.4 Å². The highest BCUT2D eigenvalue weighted by Crippen LogP contribution is 2.26. The fourth-order valence-electron chi connectivity index (χ4n) is 2.77. The lowest BCUT2D eigenvalue weighted by Crippen LogP contribution is -2.48. The second kappa shape index (κ2) is 7.45. The lowest BCUT2D eigenvalue weighted by Gasteiger charge is -2.37. The number of amides is 1. The van der Waals surface area contributed by atoms with E-state index in [2.05, 4.69) is 15.1 Å². The largest absolute Gasteiger partial charge is 0.484 e. The zero-order valence-electron chi connectivity index (χ0n) is 14.7. The Balaban J connectivity index is 1.30. The zero-order valence-corrected chi connectivity index (χ0v) is 14.7. The van der Waals surface area contributed by atoms with Gasteiger partial charge in [-0.05, 0) is 18.2 Å². The Bertz CT molecular complexity index is 905. The van der Waals surface area contributed by atoms with Gasteiger partial charge in [-0.25, -0.2) is 4.98 Å². The quantitative estimate of drug-likeness (QED) is 0.661. The van der Waals surface area contributed by atoms with Crippen molar-refractivity contribution < 1.29 is 18.8 Å². The van der Waals surface area contributed by atoms with Gasteiger partial charge in [0.15, 0.2) is 12.4 Å². The molecule has 27 heavy (non-hydrogen) atoms. The summed E-state index contributed by atoms with van der Waals surface area (Å²) in [6, 6.07) is 12.8. The van der Waals surface area contributed by atoms with Gasteiger partial charge >= 0.3 is 0 Å². The summed E-state index contributed by atoms with van der Waals surface area (Å²) in [5.74, 6) is 2.22. The van der Waals surface area contributed by atoms with Gasteiger partial charge < -0.3 is 18.9 Å². The molecule has 8 heteroatoms. The second-order valence-electron chi connectivity index (χ2n) is 6.14. The van der Waals surface area contributed by atoms with Gasteiger partial charge in [-0.3, -0.25) is 4.79 Å². The summed E-state index contributed by atoms with van der Waals surface area (Å²) >= 11 is 0. The SMILES string of the molecule is COc1ccc(C(=O)N2CC(c3noc(COc4ccccc4)n3)C2)cn1. The van der Waals surface area contributed by atoms with E-state index in [0.717, 1.165) is 5.75 Å². The highest BCUT2D eigenvalue weighted by Gasteiger charge is 2.35. The van der Waals surface area contributed by atoms with Crippen LogP contribution in [0.3, 0.4) is 0 Å². The maximum absolute atomic E-state index is 12.4. The number of likely N-dealkylation sites (tertiary alicyclic amines) is 1. The van der Waals surface area contributed by atoms with E-state index >= 15 is 0 Å². The van der Waals surface area contributed by atoms with Crippen LogP contribution in [0.4, 0.5) is 0 Å². The molecule has 1 saturated heterocycles. The van der Waals surface area contributed by atoms with Crippen molar-refractivity contribution in [3.8, 4) is 11.6 Å². The van der Waals surface area contributed by atoms with Crippen LogP contribution < -0.4 is 9.47 Å². The van der Waals surface area contributed by atoms with E-state index in [9.17, 15) is 4.79 Å². The van der Waals surface area contributed by atoms with Gasteiger partial charge in [-0.2, -0.15) is 4.98 Å². The molecule has 2 aromatic heterocycles. The highest BCUT2D eigenvalue weighted by molar-refractivity contribution is 5.94. The Kier molecular flexibility index (Phi) is 4.69. The minimum absolute atomic E-state index is 0.0642. The number of rotatable bonds is 6. The number of methoxy groups -OCH3 is 1. The molecule has 4 rings (SSSR count). The first kappa shape index (κ1) is 17.0. The first-order chi connectivity index (χ1) is 13.2. The predicted molar refractivity (Wildman–Crippen MR) is 94.5 cm³/mol. The maximum atomic E-state index is 12.4. The summed E-state index contributed by atoms with van der Waals surface area (Å²) in [4.78, 5) is 22.6. The fraction of sp³-hybridized carbons (Fsp3) is 0.263. The highest BCUT2D eigenvalue weighted by atomic mass is 16.5. The molecule has 1 fully saturated rings. The third-order valence-corrected chi connectivity index (χ3v) is 4.32. The van der Waals surface area contributed by atoms with Gasteiger partial charge in [0.25, 0.3) is 11.8 Å². The van der Waals surface area contributed by atoms with Crippen LogP contribution in [-0.2, 0) is 6.61 Å². The van der Waals surface area contributed by atoms with Crippen LogP contribution in [-0.4, -0.2) is 46.1 Å². The summed E-state index contributed by atoms with van der Waals surface area (Å²) in [5, 5.41) is 4.01. The standard InChI is InChI=1S/C19H18N4O4/c1-25-16-8-7-13(9-20-16)19(24)23-10-14(11-23)18-21-17(27-22-18)12-26-15-5-3-2-4-6-15/h2-9,14H,10-12H2,1H3. The molecule has 3 aromatic rings. The first-order valence-electron chi connectivity index (χ1n) is 8.52. The van der Waals surface area contributed by atoms with Crippen molar-refractivity contribution in [1.29, 1.82) is 0 Å². The monoisotopic (exact) mass is 366 g/mol. The number of para-hydroxylation sites is 1. The molecule has 0 radical (unpaired) electrons. The molecule has 0 saturated carbocycles. The molecule has 0 spiro atoms. The summed E-state index contributed by atoms with van der Waals surface area (Å²) in [6.07, 6.45) is 1.52. The lowest BCUT2D eigenvalue weighted by atomic mass is 9.98. The summed E-state index contributed by atoms with van der Waals surface area (Å²) in [7, 11) is 1.54. The van der Waals surface area contributed by atoms with Crippen molar-refractivity contribution in [3.63, 3.8) is 0 Å². The summed E-state index contributed by atoms with van der Waals surface area (Å²) in [6.45, 7) is 1.30. The normalized spacial score (nSPS) is 13.9. The van der Waals surface area contributed by atoms with Crippen molar-refractivity contribution in [1.82, 2.24) is 20.0 Å². The number of carbonyl (C=O) groups is 1. The third kappa shape index (κ3) is 3.74. The molecule has 0 aliphatic carbocycles. The minimum atomic E-state index is -0.0717. The summed E-state index contributed by atoms with van der Waals surface area (Å²) in [5.41, 5.74) is 0.527. The molecule has 138 valence electrons. The summed E-state index contributed by atoms with van der Waals surface area (Å²) < 4.78 is 15.8. The van der Waals surface area contributed by atoms with E-state index < -0.39 is 0 Å². The predicted octanol–water partition coefficient (Wildman–Crippen LogP) is 2.29.